The van der Waals surface area contributed by atoms with Crippen molar-refractivity contribution in [2.45, 2.75) is 13.3 Å². The fourth-order valence-corrected chi connectivity index (χ4v) is 3.09. The lowest BCUT2D eigenvalue weighted by molar-refractivity contribution is -0.385. The van der Waals surface area contributed by atoms with Crippen molar-refractivity contribution in [1.29, 1.82) is 0 Å². The summed E-state index contributed by atoms with van der Waals surface area (Å²) in [6.07, 6.45) is 1.46. The van der Waals surface area contributed by atoms with Gasteiger partial charge in [0.1, 0.15) is 11.6 Å². The number of thiazole rings is 1. The highest BCUT2D eigenvalue weighted by Crippen LogP contribution is 2.32. The summed E-state index contributed by atoms with van der Waals surface area (Å²) >= 11 is 1.26. The minimum absolute atomic E-state index is 0.0187. The van der Waals surface area contributed by atoms with Gasteiger partial charge in [-0.25, -0.2) is 9.37 Å². The van der Waals surface area contributed by atoms with Gasteiger partial charge < -0.3 is 9.47 Å². The average Bonchev–Trinajstić information content (AvgIpc) is 3.17. The van der Waals surface area contributed by atoms with Crippen molar-refractivity contribution in [3.63, 3.8) is 0 Å². The molecule has 1 heterocycles. The molecule has 0 spiro atoms. The van der Waals surface area contributed by atoms with Gasteiger partial charge in [-0.3, -0.25) is 20.3 Å². The van der Waals surface area contributed by atoms with Crippen LogP contribution >= 0.6 is 11.3 Å². The van der Waals surface area contributed by atoms with Gasteiger partial charge in [-0.05, 0) is 43.3 Å². The van der Waals surface area contributed by atoms with Crippen LogP contribution < -0.4 is 10.2 Å². The van der Waals surface area contributed by atoms with Crippen molar-refractivity contribution in [2.75, 3.05) is 12.0 Å². The molecule has 0 aliphatic heterocycles. The van der Waals surface area contributed by atoms with Crippen molar-refractivity contribution in [3.8, 4) is 11.5 Å². The van der Waals surface area contributed by atoms with Crippen LogP contribution in [0.1, 0.15) is 18.2 Å². The van der Waals surface area contributed by atoms with E-state index in [0.29, 0.717) is 23.0 Å². The van der Waals surface area contributed by atoms with Gasteiger partial charge in [0, 0.05) is 17.0 Å². The Morgan fingerprint density at radius 2 is 2.10 bits per heavy atom. The summed E-state index contributed by atoms with van der Waals surface area (Å²) in [7, 11) is 0. The van der Waals surface area contributed by atoms with Crippen LogP contribution in [0.5, 0.6) is 11.5 Å². The van der Waals surface area contributed by atoms with Gasteiger partial charge in [-0.15, -0.1) is 11.3 Å². The second-order valence-corrected chi connectivity index (χ2v) is 6.89. The number of esters is 1. The highest BCUT2D eigenvalue weighted by atomic mass is 32.1. The smallest absolute Gasteiger partial charge is 0.312 e. The number of hydrogen-bond donors (Lipinski definition) is 1. The van der Waals surface area contributed by atoms with E-state index in [9.17, 15) is 19.3 Å². The number of hydrogen-bond acceptors (Lipinski definition) is 9. The molecule has 1 N–H and O–H groups in total. The van der Waals surface area contributed by atoms with Crippen LogP contribution in [-0.4, -0.2) is 28.7 Å². The highest BCUT2D eigenvalue weighted by Gasteiger charge is 2.16. The molecule has 11 heteroatoms. The van der Waals surface area contributed by atoms with Crippen molar-refractivity contribution >= 4 is 34.3 Å². The molecule has 3 aromatic rings. The van der Waals surface area contributed by atoms with Crippen molar-refractivity contribution in [3.05, 3.63) is 75.0 Å². The summed E-state index contributed by atoms with van der Waals surface area (Å²) in [5.74, 6) is -0.507. The number of anilines is 1. The molecule has 2 aromatic carbocycles. The minimum Gasteiger partial charge on any atom is -0.466 e. The van der Waals surface area contributed by atoms with Gasteiger partial charge in [-0.2, -0.15) is 5.10 Å². The number of benzene rings is 2. The van der Waals surface area contributed by atoms with Gasteiger partial charge in [-0.1, -0.05) is 0 Å². The predicted molar refractivity (Wildman–Crippen MR) is 113 cm³/mol. The second-order valence-electron chi connectivity index (χ2n) is 6.04. The second kappa shape index (κ2) is 10.3. The molecule has 0 radical (unpaired) electrons. The van der Waals surface area contributed by atoms with Crippen LogP contribution in [0.25, 0.3) is 0 Å². The first-order valence-electron chi connectivity index (χ1n) is 9.05. The Balaban J connectivity index is 1.66. The van der Waals surface area contributed by atoms with Gasteiger partial charge >= 0.3 is 11.7 Å². The Kier molecular flexibility index (Phi) is 7.22. The third-order valence-electron chi connectivity index (χ3n) is 3.78. The molecule has 0 saturated carbocycles. The highest BCUT2D eigenvalue weighted by molar-refractivity contribution is 7.13. The number of nitro benzene ring substituents is 1. The molecular weight excluding hydrogens is 427 g/mol. The molecule has 0 aliphatic carbocycles. The monoisotopic (exact) mass is 444 g/mol. The summed E-state index contributed by atoms with van der Waals surface area (Å²) in [6, 6.07) is 9.48. The number of carbonyl (C=O) groups excluding carboxylic acids is 1. The number of nitrogens with one attached hydrogen (secondary N) is 1. The maximum Gasteiger partial charge on any atom is 0.312 e. The first kappa shape index (κ1) is 21.8. The normalized spacial score (nSPS) is 10.8. The van der Waals surface area contributed by atoms with Crippen molar-refractivity contribution in [2.24, 2.45) is 5.10 Å². The van der Waals surface area contributed by atoms with Crippen LogP contribution in [-0.2, 0) is 16.0 Å². The van der Waals surface area contributed by atoms with E-state index in [1.165, 1.54) is 53.9 Å². The van der Waals surface area contributed by atoms with E-state index < -0.39 is 10.7 Å². The molecule has 1 aromatic heterocycles. The van der Waals surface area contributed by atoms with Crippen LogP contribution in [0, 0.1) is 15.9 Å². The van der Waals surface area contributed by atoms with Crippen molar-refractivity contribution < 1.29 is 23.6 Å². The van der Waals surface area contributed by atoms with Crippen LogP contribution in [0.2, 0.25) is 0 Å². The van der Waals surface area contributed by atoms with Gasteiger partial charge in [0.25, 0.3) is 0 Å². The predicted octanol–water partition coefficient (Wildman–Crippen LogP) is 4.53. The first-order valence-corrected chi connectivity index (χ1v) is 9.93. The molecule has 0 aliphatic rings. The van der Waals surface area contributed by atoms with E-state index >= 15 is 0 Å². The number of halogens is 1. The Morgan fingerprint density at radius 1 is 1.32 bits per heavy atom. The van der Waals surface area contributed by atoms with Gasteiger partial charge in [0.15, 0.2) is 0 Å². The summed E-state index contributed by atoms with van der Waals surface area (Å²) < 4.78 is 23.4. The summed E-state index contributed by atoms with van der Waals surface area (Å²) in [5, 5.41) is 17.6. The maximum atomic E-state index is 13.0. The molecule has 0 saturated heterocycles. The standard InChI is InChI=1S/C20H17FN4O5S/c1-2-29-19(26)10-15-12-31-20(23-15)24-22-11-13-3-8-18(17(9-13)25(27)28)30-16-6-4-14(21)5-7-16/h3-9,11-12H,2,10H2,1H3,(H,23,24). The minimum atomic E-state index is -0.577. The SMILES string of the molecule is CCOC(=O)Cc1csc(NN=Cc2ccc(Oc3ccc(F)cc3)c([N+](=O)[O-])c2)n1. The molecule has 0 amide bonds. The molecular formula is C20H17FN4O5S. The molecule has 160 valence electrons. The van der Waals surface area contributed by atoms with E-state index in [4.69, 9.17) is 9.47 Å². The largest absolute Gasteiger partial charge is 0.466 e. The third kappa shape index (κ3) is 6.31. The third-order valence-corrected chi connectivity index (χ3v) is 4.57. The van der Waals surface area contributed by atoms with E-state index in [0.717, 1.165) is 0 Å². The zero-order valence-electron chi connectivity index (χ0n) is 16.3. The number of nitro groups is 1. The molecule has 0 atom stereocenters. The Hall–Kier alpha value is -3.86. The maximum absolute atomic E-state index is 13.0. The zero-order valence-corrected chi connectivity index (χ0v) is 17.1. The fraction of sp³-hybridized carbons (Fsp3) is 0.150. The number of hydrazone groups is 1. The van der Waals surface area contributed by atoms with Crippen molar-refractivity contribution in [1.82, 2.24) is 4.98 Å². The molecule has 0 fully saturated rings. The van der Waals surface area contributed by atoms with Gasteiger partial charge in [0.05, 0.1) is 29.9 Å². The van der Waals surface area contributed by atoms with Crippen LogP contribution in [0.15, 0.2) is 52.9 Å². The molecule has 9 nitrogen and oxygen atoms in total. The lowest BCUT2D eigenvalue weighted by Gasteiger charge is -2.06. The number of aromatic nitrogens is 1. The summed E-state index contributed by atoms with van der Waals surface area (Å²) in [4.78, 5) is 26.5. The molecule has 0 unspecified atom stereocenters. The van der Waals surface area contributed by atoms with Crippen LogP contribution in [0.3, 0.4) is 0 Å². The number of carbonyl (C=O) groups is 1. The lowest BCUT2D eigenvalue weighted by Crippen LogP contribution is -2.07. The topological polar surface area (TPSA) is 116 Å². The number of rotatable bonds is 9. The summed E-state index contributed by atoms with van der Waals surface area (Å²) in [6.45, 7) is 2.03. The van der Waals surface area contributed by atoms with Crippen LogP contribution in [0.4, 0.5) is 15.2 Å². The summed E-state index contributed by atoms with van der Waals surface area (Å²) in [5.41, 5.74) is 3.46. The van der Waals surface area contributed by atoms with E-state index in [1.807, 2.05) is 0 Å². The van der Waals surface area contributed by atoms with Gasteiger partial charge in [0.2, 0.25) is 10.9 Å². The molecule has 31 heavy (non-hydrogen) atoms. The molecule has 3 rings (SSSR count). The fourth-order valence-electron chi connectivity index (χ4n) is 2.43. The lowest BCUT2D eigenvalue weighted by atomic mass is 10.2. The molecule has 0 bridgehead atoms. The van der Waals surface area contributed by atoms with E-state index in [-0.39, 0.29) is 29.6 Å². The van der Waals surface area contributed by atoms with E-state index in [1.54, 1.807) is 18.4 Å². The Labute approximate surface area is 180 Å². The zero-order chi connectivity index (χ0) is 22.2. The number of ether oxygens (including phenoxy) is 2. The number of nitrogens with zero attached hydrogens (tertiary/aromatic N) is 3. The Morgan fingerprint density at radius 3 is 2.81 bits per heavy atom. The quantitative estimate of drug-likeness (QED) is 0.223. The average molecular weight is 444 g/mol. The Bertz CT molecular complexity index is 1100. The van der Waals surface area contributed by atoms with E-state index in [2.05, 4.69) is 15.5 Å². The first-order chi connectivity index (χ1) is 14.9.